The second-order valence-electron chi connectivity index (χ2n) is 3.76. The van der Waals surface area contributed by atoms with Crippen LogP contribution >= 0.6 is 0 Å². The molecule has 1 rings (SSSR count). The first-order chi connectivity index (χ1) is 7.50. The number of rotatable bonds is 4. The molecule has 1 atom stereocenters. The van der Waals surface area contributed by atoms with Crippen LogP contribution in [0.25, 0.3) is 0 Å². The number of aryl methyl sites for hydroxylation is 1. The Bertz CT molecular complexity index is 384. The third-order valence-corrected chi connectivity index (χ3v) is 2.35. The zero-order valence-corrected chi connectivity index (χ0v) is 9.36. The molecule has 86 valence electrons. The second-order valence-corrected chi connectivity index (χ2v) is 3.76. The number of hydrogen-bond acceptors (Lipinski definition) is 2. The molecule has 0 heterocycles. The monoisotopic (exact) mass is 221 g/mol. The van der Waals surface area contributed by atoms with Crippen LogP contribution in [-0.2, 0) is 16.1 Å². The van der Waals surface area contributed by atoms with Crippen LogP contribution in [0.2, 0.25) is 0 Å². The first-order valence-corrected chi connectivity index (χ1v) is 5.07. The summed E-state index contributed by atoms with van der Waals surface area (Å²) in [5.74, 6) is -2.58. The SMILES string of the molecule is Cc1ccc(CNC(=O)C(C)C(=O)O)cc1. The first-order valence-electron chi connectivity index (χ1n) is 5.07. The third kappa shape index (κ3) is 3.38. The van der Waals surface area contributed by atoms with Crippen LogP contribution in [0.4, 0.5) is 0 Å². The van der Waals surface area contributed by atoms with Crippen LogP contribution in [0.3, 0.4) is 0 Å². The van der Waals surface area contributed by atoms with Gasteiger partial charge in [0.2, 0.25) is 5.91 Å². The molecule has 0 bridgehead atoms. The van der Waals surface area contributed by atoms with Gasteiger partial charge >= 0.3 is 5.97 Å². The van der Waals surface area contributed by atoms with E-state index in [4.69, 9.17) is 5.11 Å². The number of nitrogens with one attached hydrogen (secondary N) is 1. The molecule has 0 saturated carbocycles. The van der Waals surface area contributed by atoms with Gasteiger partial charge in [-0.3, -0.25) is 9.59 Å². The minimum atomic E-state index is -1.11. The summed E-state index contributed by atoms with van der Waals surface area (Å²) in [5, 5.41) is 11.2. The van der Waals surface area contributed by atoms with Crippen LogP contribution in [0.15, 0.2) is 24.3 Å². The van der Waals surface area contributed by atoms with E-state index in [1.165, 1.54) is 6.92 Å². The highest BCUT2D eigenvalue weighted by atomic mass is 16.4. The van der Waals surface area contributed by atoms with Crippen molar-refractivity contribution in [1.29, 1.82) is 0 Å². The third-order valence-electron chi connectivity index (χ3n) is 2.35. The summed E-state index contributed by atoms with van der Waals surface area (Å²) >= 11 is 0. The second kappa shape index (κ2) is 5.30. The Kier molecular flexibility index (Phi) is 4.05. The zero-order chi connectivity index (χ0) is 12.1. The highest BCUT2D eigenvalue weighted by Crippen LogP contribution is 2.03. The Balaban J connectivity index is 2.49. The molecule has 0 aliphatic heterocycles. The number of amides is 1. The summed E-state index contributed by atoms with van der Waals surface area (Å²) in [6.45, 7) is 3.71. The van der Waals surface area contributed by atoms with Crippen molar-refractivity contribution in [3.05, 3.63) is 35.4 Å². The van der Waals surface area contributed by atoms with Crippen molar-refractivity contribution in [2.45, 2.75) is 20.4 Å². The molecule has 0 saturated heterocycles. The largest absolute Gasteiger partial charge is 0.481 e. The standard InChI is InChI=1S/C12H15NO3/c1-8-3-5-10(6-4-8)7-13-11(14)9(2)12(15)16/h3-6,9H,7H2,1-2H3,(H,13,14)(H,15,16). The molecule has 1 aromatic rings. The summed E-state index contributed by atoms with van der Waals surface area (Å²) in [7, 11) is 0. The summed E-state index contributed by atoms with van der Waals surface area (Å²) in [6, 6.07) is 7.70. The van der Waals surface area contributed by atoms with Crippen molar-refractivity contribution in [3.8, 4) is 0 Å². The molecule has 0 spiro atoms. The average molecular weight is 221 g/mol. The van der Waals surface area contributed by atoms with Crippen molar-refractivity contribution in [3.63, 3.8) is 0 Å². The normalized spacial score (nSPS) is 11.9. The van der Waals surface area contributed by atoms with Crippen LogP contribution in [0, 0.1) is 12.8 Å². The lowest BCUT2D eigenvalue weighted by Crippen LogP contribution is -2.33. The van der Waals surface area contributed by atoms with E-state index >= 15 is 0 Å². The van der Waals surface area contributed by atoms with Gasteiger partial charge in [0.15, 0.2) is 0 Å². The number of carboxylic acid groups (broad SMARTS) is 1. The van der Waals surface area contributed by atoms with E-state index in [1.54, 1.807) is 0 Å². The molecule has 0 aromatic heterocycles. The van der Waals surface area contributed by atoms with E-state index in [1.807, 2.05) is 31.2 Å². The zero-order valence-electron chi connectivity index (χ0n) is 9.36. The van der Waals surface area contributed by atoms with E-state index in [-0.39, 0.29) is 0 Å². The topological polar surface area (TPSA) is 66.4 Å². The van der Waals surface area contributed by atoms with Crippen molar-refractivity contribution in [2.24, 2.45) is 5.92 Å². The molecular formula is C12H15NO3. The Morgan fingerprint density at radius 3 is 2.38 bits per heavy atom. The molecule has 1 amide bonds. The summed E-state index contributed by atoms with van der Waals surface area (Å²) in [6.07, 6.45) is 0. The number of carboxylic acids is 1. The highest BCUT2D eigenvalue weighted by molar-refractivity contribution is 5.96. The molecule has 1 unspecified atom stereocenters. The van der Waals surface area contributed by atoms with Crippen molar-refractivity contribution >= 4 is 11.9 Å². The minimum absolute atomic E-state index is 0.358. The molecule has 0 fully saturated rings. The fourth-order valence-corrected chi connectivity index (χ4v) is 1.16. The van der Waals surface area contributed by atoms with Gasteiger partial charge in [-0.05, 0) is 19.4 Å². The molecule has 0 aliphatic rings. The minimum Gasteiger partial charge on any atom is -0.481 e. The van der Waals surface area contributed by atoms with E-state index in [0.717, 1.165) is 11.1 Å². The smallest absolute Gasteiger partial charge is 0.315 e. The Labute approximate surface area is 94.3 Å². The molecule has 0 aliphatic carbocycles. The lowest BCUT2D eigenvalue weighted by molar-refractivity contribution is -0.146. The maximum absolute atomic E-state index is 11.3. The molecule has 4 nitrogen and oxygen atoms in total. The van der Waals surface area contributed by atoms with Crippen molar-refractivity contribution < 1.29 is 14.7 Å². The van der Waals surface area contributed by atoms with Gasteiger partial charge in [-0.1, -0.05) is 29.8 Å². The molecule has 0 radical (unpaired) electrons. The Morgan fingerprint density at radius 1 is 1.31 bits per heavy atom. The van der Waals surface area contributed by atoms with Crippen molar-refractivity contribution in [2.75, 3.05) is 0 Å². The van der Waals surface area contributed by atoms with Crippen LogP contribution < -0.4 is 5.32 Å². The average Bonchev–Trinajstić information content (AvgIpc) is 2.26. The summed E-state index contributed by atoms with van der Waals surface area (Å²) in [4.78, 5) is 21.9. The van der Waals surface area contributed by atoms with Gasteiger partial charge in [-0.25, -0.2) is 0 Å². The van der Waals surface area contributed by atoms with Gasteiger partial charge in [-0.15, -0.1) is 0 Å². The highest BCUT2D eigenvalue weighted by Gasteiger charge is 2.19. The van der Waals surface area contributed by atoms with Gasteiger partial charge < -0.3 is 10.4 Å². The molecule has 16 heavy (non-hydrogen) atoms. The predicted molar refractivity (Wildman–Crippen MR) is 59.8 cm³/mol. The molecular weight excluding hydrogens is 206 g/mol. The number of hydrogen-bond donors (Lipinski definition) is 2. The Morgan fingerprint density at radius 2 is 1.88 bits per heavy atom. The van der Waals surface area contributed by atoms with Gasteiger partial charge in [0, 0.05) is 6.54 Å². The summed E-state index contributed by atoms with van der Waals surface area (Å²) < 4.78 is 0. The number of benzene rings is 1. The van der Waals surface area contributed by atoms with Gasteiger partial charge in [-0.2, -0.15) is 0 Å². The lowest BCUT2D eigenvalue weighted by atomic mass is 10.1. The maximum Gasteiger partial charge on any atom is 0.315 e. The van der Waals surface area contributed by atoms with Crippen LogP contribution in [0.5, 0.6) is 0 Å². The number of carbonyl (C=O) groups is 2. The van der Waals surface area contributed by atoms with Crippen LogP contribution in [0.1, 0.15) is 18.1 Å². The maximum atomic E-state index is 11.3. The number of aliphatic carboxylic acids is 1. The van der Waals surface area contributed by atoms with Crippen molar-refractivity contribution in [1.82, 2.24) is 5.32 Å². The van der Waals surface area contributed by atoms with Gasteiger partial charge in [0.25, 0.3) is 0 Å². The lowest BCUT2D eigenvalue weighted by Gasteiger charge is -2.08. The predicted octanol–water partition coefficient (Wildman–Crippen LogP) is 1.33. The molecule has 1 aromatic carbocycles. The van der Waals surface area contributed by atoms with Gasteiger partial charge in [0.05, 0.1) is 0 Å². The molecule has 2 N–H and O–H groups in total. The summed E-state index contributed by atoms with van der Waals surface area (Å²) in [5.41, 5.74) is 2.10. The van der Waals surface area contributed by atoms with E-state index in [0.29, 0.717) is 6.54 Å². The van der Waals surface area contributed by atoms with Crippen LogP contribution in [-0.4, -0.2) is 17.0 Å². The van der Waals surface area contributed by atoms with Gasteiger partial charge in [0.1, 0.15) is 5.92 Å². The number of carbonyl (C=O) groups excluding carboxylic acids is 1. The molecule has 4 heteroatoms. The van der Waals surface area contributed by atoms with E-state index in [9.17, 15) is 9.59 Å². The quantitative estimate of drug-likeness (QED) is 0.754. The van der Waals surface area contributed by atoms with E-state index in [2.05, 4.69) is 5.32 Å². The van der Waals surface area contributed by atoms with E-state index < -0.39 is 17.8 Å². The fraction of sp³-hybridized carbons (Fsp3) is 0.333. The Hall–Kier alpha value is -1.84. The first kappa shape index (κ1) is 12.2. The fourth-order valence-electron chi connectivity index (χ4n) is 1.16.